The number of hydrogen-bond acceptors (Lipinski definition) is 2. The maximum atomic E-state index is 10.5. The van der Waals surface area contributed by atoms with Crippen LogP contribution in [0.25, 0.3) is 0 Å². The van der Waals surface area contributed by atoms with Gasteiger partial charge < -0.3 is 18.5 Å². The molecule has 0 bridgehead atoms. The van der Waals surface area contributed by atoms with Gasteiger partial charge in [-0.15, -0.1) is 0 Å². The Labute approximate surface area is 133 Å². The first-order valence-corrected chi connectivity index (χ1v) is 3.18. The fourth-order valence-electron chi connectivity index (χ4n) is 0.856. The summed E-state index contributed by atoms with van der Waals surface area (Å²) in [5.41, 5.74) is -0.380. The van der Waals surface area contributed by atoms with Gasteiger partial charge in [0.1, 0.15) is 0 Å². The van der Waals surface area contributed by atoms with Gasteiger partial charge in [-0.05, 0) is 12.1 Å². The molecule has 0 aliphatic carbocycles. The largest absolute Gasteiger partial charge is 1.00 e. The third-order valence-electron chi connectivity index (χ3n) is 1.39. The van der Waals surface area contributed by atoms with Crippen LogP contribution in [0.4, 0.5) is 0 Å². The van der Waals surface area contributed by atoms with Gasteiger partial charge in [-0.2, -0.15) is 0 Å². The van der Waals surface area contributed by atoms with Crippen LogP contribution >= 0.6 is 0 Å². The molecule has 1 aromatic carbocycles. The molecular formula is C8H10Na2O5. The Morgan fingerprint density at radius 2 is 1.20 bits per heavy atom. The van der Waals surface area contributed by atoms with Crippen molar-refractivity contribution in [3.63, 3.8) is 0 Å². The molecule has 15 heavy (non-hydrogen) atoms. The van der Waals surface area contributed by atoms with E-state index in [1.54, 1.807) is 0 Å². The van der Waals surface area contributed by atoms with Gasteiger partial charge in [-0.1, -0.05) is 12.1 Å². The summed E-state index contributed by atoms with van der Waals surface area (Å²) in [4.78, 5) is 20.9. The Kier molecular flexibility index (Phi) is 12.8. The number of benzene rings is 1. The van der Waals surface area contributed by atoms with Crippen molar-refractivity contribution < 1.29 is 87.2 Å². The summed E-state index contributed by atoms with van der Waals surface area (Å²) in [6, 6.07) is 5.48. The molecule has 0 fully saturated rings. The molecule has 0 heterocycles. The summed E-state index contributed by atoms with van der Waals surface area (Å²) < 4.78 is 0. The van der Waals surface area contributed by atoms with Gasteiger partial charge in [-0.25, -0.2) is 9.59 Å². The fraction of sp³-hybridized carbons (Fsp3) is 0. The van der Waals surface area contributed by atoms with E-state index in [0.29, 0.717) is 0 Å². The van der Waals surface area contributed by atoms with Gasteiger partial charge >= 0.3 is 71.1 Å². The molecule has 1 rings (SSSR count). The van der Waals surface area contributed by atoms with Gasteiger partial charge in [0.05, 0.1) is 11.1 Å². The van der Waals surface area contributed by atoms with E-state index in [4.69, 9.17) is 10.2 Å². The summed E-state index contributed by atoms with van der Waals surface area (Å²) in [7, 11) is 0. The fourth-order valence-corrected chi connectivity index (χ4v) is 0.856. The Morgan fingerprint density at radius 1 is 0.933 bits per heavy atom. The van der Waals surface area contributed by atoms with Crippen molar-refractivity contribution in [2.24, 2.45) is 0 Å². The normalized spacial score (nSPS) is 7.47. The second-order valence-electron chi connectivity index (χ2n) is 2.16. The van der Waals surface area contributed by atoms with E-state index in [0.717, 1.165) is 0 Å². The minimum Gasteiger partial charge on any atom is -1.00 e. The second-order valence-corrected chi connectivity index (χ2v) is 2.16. The van der Waals surface area contributed by atoms with Crippen LogP contribution in [-0.4, -0.2) is 27.6 Å². The third kappa shape index (κ3) is 5.67. The molecule has 0 unspecified atom stereocenters. The summed E-state index contributed by atoms with van der Waals surface area (Å²) in [6.45, 7) is 0. The second kappa shape index (κ2) is 9.35. The Bertz CT molecular complexity index is 315. The molecular weight excluding hydrogens is 222 g/mol. The Balaban J connectivity index is -0.0000000960. The zero-order valence-corrected chi connectivity index (χ0v) is 12.5. The molecule has 0 aliphatic heterocycles. The van der Waals surface area contributed by atoms with Crippen molar-refractivity contribution in [3.05, 3.63) is 35.4 Å². The predicted molar refractivity (Wildman–Crippen MR) is 46.2 cm³/mol. The van der Waals surface area contributed by atoms with Crippen LogP contribution < -0.4 is 59.1 Å². The van der Waals surface area contributed by atoms with Crippen LogP contribution in [0.15, 0.2) is 24.3 Å². The first-order chi connectivity index (χ1) is 5.63. The van der Waals surface area contributed by atoms with Crippen molar-refractivity contribution in [1.82, 2.24) is 0 Å². The third-order valence-corrected chi connectivity index (χ3v) is 1.39. The zero-order valence-electron chi connectivity index (χ0n) is 10.5. The minimum absolute atomic E-state index is 0. The topological polar surface area (TPSA) is 106 Å². The number of carbonyl (C=O) groups is 2. The number of rotatable bonds is 2. The SMILES string of the molecule is O.O=C(O)c1ccccc1C(=O)O.[H-].[H-].[Na+].[Na+]. The van der Waals surface area contributed by atoms with Gasteiger partial charge in [0.2, 0.25) is 0 Å². The molecule has 0 amide bonds. The van der Waals surface area contributed by atoms with Crippen molar-refractivity contribution in [1.29, 1.82) is 0 Å². The monoisotopic (exact) mass is 232 g/mol. The van der Waals surface area contributed by atoms with Crippen molar-refractivity contribution in [2.45, 2.75) is 0 Å². The molecule has 1 aromatic rings. The summed E-state index contributed by atoms with van der Waals surface area (Å²) in [5.74, 6) is -2.46. The Hall–Kier alpha value is 0.120. The molecule has 7 heteroatoms. The van der Waals surface area contributed by atoms with E-state index >= 15 is 0 Å². The van der Waals surface area contributed by atoms with Crippen LogP contribution in [-0.2, 0) is 0 Å². The molecule has 0 spiro atoms. The van der Waals surface area contributed by atoms with Gasteiger partial charge in [0, 0.05) is 0 Å². The maximum absolute atomic E-state index is 10.5. The van der Waals surface area contributed by atoms with E-state index in [2.05, 4.69) is 0 Å². The molecule has 5 nitrogen and oxygen atoms in total. The summed E-state index contributed by atoms with van der Waals surface area (Å²) in [5, 5.41) is 17.1. The standard InChI is InChI=1S/C8H6O4.2Na.H2O.2H/c9-7(10)5-3-1-2-4-6(5)8(11)12;;;;;/h1-4H,(H,9,10)(H,11,12);;;1H2;;/q;2*+1;;2*-1. The Morgan fingerprint density at radius 3 is 1.40 bits per heavy atom. The molecule has 74 valence electrons. The van der Waals surface area contributed by atoms with Crippen molar-refractivity contribution in [3.8, 4) is 0 Å². The molecule has 0 aliphatic rings. The first kappa shape index (κ1) is 20.5. The molecule has 0 atom stereocenters. The summed E-state index contributed by atoms with van der Waals surface area (Å²) >= 11 is 0. The number of carboxylic acid groups (broad SMARTS) is 2. The van der Waals surface area contributed by atoms with Crippen LogP contribution in [0.3, 0.4) is 0 Å². The van der Waals surface area contributed by atoms with Crippen LogP contribution in [0.1, 0.15) is 23.6 Å². The van der Waals surface area contributed by atoms with E-state index < -0.39 is 11.9 Å². The average Bonchev–Trinajstić information content (AvgIpc) is 2.04. The predicted octanol–water partition coefficient (Wildman–Crippen LogP) is -5.51. The zero-order chi connectivity index (χ0) is 9.14. The number of carboxylic acids is 2. The quantitative estimate of drug-likeness (QED) is 0.496. The molecule has 0 aromatic heterocycles. The minimum atomic E-state index is -1.23. The van der Waals surface area contributed by atoms with E-state index in [1.165, 1.54) is 24.3 Å². The van der Waals surface area contributed by atoms with Crippen molar-refractivity contribution >= 4 is 11.9 Å². The molecule has 0 radical (unpaired) electrons. The van der Waals surface area contributed by atoms with E-state index in [1.807, 2.05) is 0 Å². The average molecular weight is 232 g/mol. The van der Waals surface area contributed by atoms with Gasteiger partial charge in [-0.3, -0.25) is 0 Å². The first-order valence-electron chi connectivity index (χ1n) is 3.18. The van der Waals surface area contributed by atoms with Gasteiger partial charge in [0.25, 0.3) is 0 Å². The molecule has 0 saturated carbocycles. The molecule has 0 saturated heterocycles. The maximum Gasteiger partial charge on any atom is 1.00 e. The van der Waals surface area contributed by atoms with E-state index in [-0.39, 0.29) is 78.6 Å². The smallest absolute Gasteiger partial charge is 1.00 e. The van der Waals surface area contributed by atoms with Gasteiger partial charge in [0.15, 0.2) is 0 Å². The molecule has 4 N–H and O–H groups in total. The number of aromatic carboxylic acids is 2. The van der Waals surface area contributed by atoms with Crippen LogP contribution in [0, 0.1) is 0 Å². The van der Waals surface area contributed by atoms with Crippen molar-refractivity contribution in [2.75, 3.05) is 0 Å². The van der Waals surface area contributed by atoms with Crippen LogP contribution in [0.5, 0.6) is 0 Å². The summed E-state index contributed by atoms with van der Waals surface area (Å²) in [6.07, 6.45) is 0. The number of hydrogen-bond donors (Lipinski definition) is 2. The van der Waals surface area contributed by atoms with E-state index in [9.17, 15) is 9.59 Å². The van der Waals surface area contributed by atoms with Crippen LogP contribution in [0.2, 0.25) is 0 Å².